The zero-order valence-corrected chi connectivity index (χ0v) is 15.7. The van der Waals surface area contributed by atoms with Crippen LogP contribution in [-0.2, 0) is 11.2 Å². The molecule has 6 nitrogen and oxygen atoms in total. The number of amides is 1. The maximum atomic E-state index is 12.4. The van der Waals surface area contributed by atoms with Crippen molar-refractivity contribution in [2.75, 3.05) is 6.54 Å². The molecule has 2 heterocycles. The lowest BCUT2D eigenvalue weighted by Crippen LogP contribution is -2.37. The summed E-state index contributed by atoms with van der Waals surface area (Å²) in [5, 5.41) is 13.4. The van der Waals surface area contributed by atoms with Gasteiger partial charge in [-0.3, -0.25) is 9.20 Å². The molecule has 0 aliphatic rings. The van der Waals surface area contributed by atoms with Crippen LogP contribution in [0.3, 0.4) is 0 Å². The van der Waals surface area contributed by atoms with E-state index in [9.17, 15) is 4.79 Å². The molecule has 0 radical (unpaired) electrons. The Morgan fingerprint density at radius 3 is 2.82 bits per heavy atom. The van der Waals surface area contributed by atoms with Gasteiger partial charge in [0.2, 0.25) is 0 Å². The smallest absolute Gasteiger partial charge is 0.260 e. The molecule has 4 aromatic rings. The minimum atomic E-state index is -0.570. The molecule has 6 heteroatoms. The maximum Gasteiger partial charge on any atom is 0.260 e. The van der Waals surface area contributed by atoms with Gasteiger partial charge in [-0.15, -0.1) is 10.2 Å². The molecule has 0 fully saturated rings. The number of rotatable bonds is 7. The summed E-state index contributed by atoms with van der Waals surface area (Å²) in [7, 11) is 0. The first-order valence-corrected chi connectivity index (χ1v) is 9.43. The minimum absolute atomic E-state index is 0.126. The number of benzene rings is 2. The fourth-order valence-corrected chi connectivity index (χ4v) is 3.21. The summed E-state index contributed by atoms with van der Waals surface area (Å²) in [6.07, 6.45) is 2.90. The summed E-state index contributed by atoms with van der Waals surface area (Å²) in [6, 6.07) is 19.6. The topological polar surface area (TPSA) is 68.5 Å². The highest BCUT2D eigenvalue weighted by atomic mass is 16.5. The summed E-state index contributed by atoms with van der Waals surface area (Å²) < 4.78 is 7.88. The van der Waals surface area contributed by atoms with Gasteiger partial charge < -0.3 is 10.1 Å². The molecule has 0 bridgehead atoms. The van der Waals surface area contributed by atoms with Crippen LogP contribution in [0.2, 0.25) is 0 Å². The number of nitrogens with one attached hydrogen (secondary N) is 1. The molecule has 28 heavy (non-hydrogen) atoms. The summed E-state index contributed by atoms with van der Waals surface area (Å²) in [6.45, 7) is 2.33. The maximum absolute atomic E-state index is 12.4. The third-order valence-electron chi connectivity index (χ3n) is 4.68. The molecule has 1 N–H and O–H groups in total. The Kier molecular flexibility index (Phi) is 5.19. The largest absolute Gasteiger partial charge is 0.480 e. The van der Waals surface area contributed by atoms with Gasteiger partial charge in [0.25, 0.3) is 5.91 Å². The van der Waals surface area contributed by atoms with E-state index >= 15 is 0 Å². The van der Waals surface area contributed by atoms with E-state index in [1.165, 1.54) is 0 Å². The summed E-state index contributed by atoms with van der Waals surface area (Å²) in [4.78, 5) is 12.4. The molecule has 0 saturated carbocycles. The second-order valence-corrected chi connectivity index (χ2v) is 6.68. The van der Waals surface area contributed by atoms with Crippen LogP contribution >= 0.6 is 0 Å². The zero-order valence-electron chi connectivity index (χ0n) is 15.7. The van der Waals surface area contributed by atoms with Gasteiger partial charge in [-0.25, -0.2) is 0 Å². The third kappa shape index (κ3) is 3.81. The molecule has 2 aromatic heterocycles. The van der Waals surface area contributed by atoms with Gasteiger partial charge in [-0.2, -0.15) is 0 Å². The number of hydrogen-bond donors (Lipinski definition) is 1. The highest BCUT2D eigenvalue weighted by molar-refractivity contribution is 5.89. The first kappa shape index (κ1) is 18.0. The van der Waals surface area contributed by atoms with E-state index < -0.39 is 6.10 Å². The third-order valence-corrected chi connectivity index (χ3v) is 4.68. The Morgan fingerprint density at radius 1 is 1.07 bits per heavy atom. The zero-order chi connectivity index (χ0) is 19.3. The number of aromatic nitrogens is 3. The number of ether oxygens (including phenoxy) is 1. The average Bonchev–Trinajstić information content (AvgIpc) is 3.14. The number of carbonyl (C=O) groups is 1. The van der Waals surface area contributed by atoms with E-state index in [0.29, 0.717) is 6.54 Å². The molecule has 1 atom stereocenters. The molecule has 0 aliphatic heterocycles. The Balaban J connectivity index is 1.30. The standard InChI is InChI=1S/C22H22N4O2/c1-16(28-19-11-6-9-17-8-2-3-10-18(17)19)22(27)23-14-7-13-21-25-24-20-12-4-5-15-26(20)21/h2-6,8-12,15-16H,7,13-14H2,1H3,(H,23,27). The van der Waals surface area contributed by atoms with Crippen LogP contribution < -0.4 is 10.1 Å². The molecule has 1 amide bonds. The predicted molar refractivity (Wildman–Crippen MR) is 108 cm³/mol. The van der Waals surface area contributed by atoms with E-state index in [2.05, 4.69) is 15.5 Å². The van der Waals surface area contributed by atoms with Gasteiger partial charge in [0.15, 0.2) is 11.8 Å². The molecular formula is C22H22N4O2. The SMILES string of the molecule is CC(Oc1cccc2ccccc12)C(=O)NCCCc1nnc2ccccn12. The Bertz CT molecular complexity index is 1100. The molecule has 4 rings (SSSR count). The minimum Gasteiger partial charge on any atom is -0.480 e. The highest BCUT2D eigenvalue weighted by Gasteiger charge is 2.15. The van der Waals surface area contributed by atoms with Crippen molar-refractivity contribution in [3.63, 3.8) is 0 Å². The van der Waals surface area contributed by atoms with E-state index in [1.807, 2.05) is 71.3 Å². The van der Waals surface area contributed by atoms with Crippen molar-refractivity contribution in [3.05, 3.63) is 72.7 Å². The molecule has 0 saturated heterocycles. The van der Waals surface area contributed by atoms with Gasteiger partial charge >= 0.3 is 0 Å². The molecular weight excluding hydrogens is 352 g/mol. The first-order valence-electron chi connectivity index (χ1n) is 9.43. The Labute approximate surface area is 163 Å². The quantitative estimate of drug-likeness (QED) is 0.504. The Hall–Kier alpha value is -3.41. The average molecular weight is 374 g/mol. The predicted octanol–water partition coefficient (Wildman–Crippen LogP) is 3.40. The van der Waals surface area contributed by atoms with Crippen LogP contribution in [-0.4, -0.2) is 33.2 Å². The lowest BCUT2D eigenvalue weighted by Gasteiger charge is -2.16. The van der Waals surface area contributed by atoms with Crippen LogP contribution in [0.5, 0.6) is 5.75 Å². The number of hydrogen-bond acceptors (Lipinski definition) is 4. The van der Waals surface area contributed by atoms with Crippen molar-refractivity contribution in [1.29, 1.82) is 0 Å². The summed E-state index contributed by atoms with van der Waals surface area (Å²) >= 11 is 0. The lowest BCUT2D eigenvalue weighted by molar-refractivity contribution is -0.127. The van der Waals surface area contributed by atoms with Crippen molar-refractivity contribution in [1.82, 2.24) is 19.9 Å². The van der Waals surface area contributed by atoms with E-state index in [-0.39, 0.29) is 5.91 Å². The molecule has 1 unspecified atom stereocenters. The van der Waals surface area contributed by atoms with Crippen LogP contribution in [0.25, 0.3) is 16.4 Å². The normalized spacial score (nSPS) is 12.2. The van der Waals surface area contributed by atoms with E-state index in [0.717, 1.165) is 40.8 Å². The van der Waals surface area contributed by atoms with Crippen molar-refractivity contribution in [2.24, 2.45) is 0 Å². The molecule has 0 aliphatic carbocycles. The van der Waals surface area contributed by atoms with Gasteiger partial charge in [0.05, 0.1) is 0 Å². The monoisotopic (exact) mass is 374 g/mol. The van der Waals surface area contributed by atoms with Crippen molar-refractivity contribution in [2.45, 2.75) is 25.9 Å². The number of carbonyl (C=O) groups excluding carboxylic acids is 1. The number of fused-ring (bicyclic) bond motifs is 2. The van der Waals surface area contributed by atoms with Gasteiger partial charge in [0.1, 0.15) is 11.6 Å². The van der Waals surface area contributed by atoms with Gasteiger partial charge in [-0.05, 0) is 36.9 Å². The fourth-order valence-electron chi connectivity index (χ4n) is 3.21. The molecule has 0 spiro atoms. The second-order valence-electron chi connectivity index (χ2n) is 6.68. The van der Waals surface area contributed by atoms with Gasteiger partial charge in [-0.1, -0.05) is 42.5 Å². The summed E-state index contributed by atoms with van der Waals surface area (Å²) in [5.41, 5.74) is 0.832. The fraction of sp³-hybridized carbons (Fsp3) is 0.227. The van der Waals surface area contributed by atoms with E-state index in [4.69, 9.17) is 4.74 Å². The number of pyridine rings is 1. The van der Waals surface area contributed by atoms with Crippen molar-refractivity contribution >= 4 is 22.3 Å². The molecule has 2 aromatic carbocycles. The number of nitrogens with zero attached hydrogens (tertiary/aromatic N) is 3. The van der Waals surface area contributed by atoms with Crippen LogP contribution in [0.1, 0.15) is 19.2 Å². The molecule has 142 valence electrons. The van der Waals surface area contributed by atoms with Gasteiger partial charge in [0, 0.05) is 24.5 Å². The van der Waals surface area contributed by atoms with E-state index in [1.54, 1.807) is 6.92 Å². The first-order chi connectivity index (χ1) is 13.7. The van der Waals surface area contributed by atoms with Crippen molar-refractivity contribution < 1.29 is 9.53 Å². The Morgan fingerprint density at radius 2 is 1.89 bits per heavy atom. The summed E-state index contributed by atoms with van der Waals surface area (Å²) in [5.74, 6) is 1.49. The van der Waals surface area contributed by atoms with Crippen LogP contribution in [0.15, 0.2) is 66.9 Å². The van der Waals surface area contributed by atoms with Crippen LogP contribution in [0, 0.1) is 0 Å². The van der Waals surface area contributed by atoms with Crippen molar-refractivity contribution in [3.8, 4) is 5.75 Å². The van der Waals surface area contributed by atoms with Crippen LogP contribution in [0.4, 0.5) is 0 Å². The lowest BCUT2D eigenvalue weighted by atomic mass is 10.1. The highest BCUT2D eigenvalue weighted by Crippen LogP contribution is 2.26. The number of aryl methyl sites for hydroxylation is 1. The second kappa shape index (κ2) is 8.08.